The zero-order valence-electron chi connectivity index (χ0n) is 15.2. The summed E-state index contributed by atoms with van der Waals surface area (Å²) >= 11 is 7.45. The molecule has 1 aromatic carbocycles. The Balaban J connectivity index is 2.02. The number of thiophene rings is 1. The fourth-order valence-corrected chi connectivity index (χ4v) is 3.52. The van der Waals surface area contributed by atoms with Gasteiger partial charge in [-0.05, 0) is 61.0 Å². The van der Waals surface area contributed by atoms with Crippen molar-refractivity contribution in [2.24, 2.45) is 0 Å². The van der Waals surface area contributed by atoms with Gasteiger partial charge in [0.05, 0.1) is 13.7 Å². The third-order valence-electron chi connectivity index (χ3n) is 4.14. The van der Waals surface area contributed by atoms with E-state index in [1.807, 2.05) is 24.3 Å². The fraction of sp³-hybridized carbons (Fsp3) is 0.421. The number of hydrogen-bond acceptors (Lipinski definition) is 4. The number of hydrogen-bond donors (Lipinski definition) is 1. The van der Waals surface area contributed by atoms with E-state index >= 15 is 0 Å². The van der Waals surface area contributed by atoms with Crippen LogP contribution in [0.2, 0.25) is 0 Å². The molecule has 0 saturated carbocycles. The summed E-state index contributed by atoms with van der Waals surface area (Å²) in [5, 5.41) is 6.22. The second-order valence-corrected chi connectivity index (χ2v) is 7.11. The first-order valence-corrected chi connectivity index (χ1v) is 9.89. The first kappa shape index (κ1) is 19.7. The van der Waals surface area contributed by atoms with Crippen LogP contribution in [-0.2, 0) is 6.54 Å². The smallest absolute Gasteiger partial charge is 0.173 e. The van der Waals surface area contributed by atoms with Crippen LogP contribution in [0.5, 0.6) is 5.75 Å². The van der Waals surface area contributed by atoms with Crippen molar-refractivity contribution < 1.29 is 4.74 Å². The summed E-state index contributed by atoms with van der Waals surface area (Å²) in [4.78, 5) is 5.97. The van der Waals surface area contributed by atoms with Crippen LogP contribution in [0.1, 0.15) is 18.7 Å². The quantitative estimate of drug-likeness (QED) is 0.658. The lowest BCUT2D eigenvalue weighted by molar-refractivity contribution is 0.267. The molecule has 0 saturated heterocycles. The number of nitrogens with one attached hydrogen (secondary N) is 1. The van der Waals surface area contributed by atoms with Gasteiger partial charge in [0.1, 0.15) is 5.75 Å². The van der Waals surface area contributed by atoms with Gasteiger partial charge in [-0.25, -0.2) is 0 Å². The highest BCUT2D eigenvalue weighted by Crippen LogP contribution is 2.17. The number of likely N-dealkylation sites (N-methyl/N-ethyl adjacent to an activating group) is 1. The maximum Gasteiger partial charge on any atom is 0.173 e. The molecule has 0 bridgehead atoms. The molecule has 1 heterocycles. The highest BCUT2D eigenvalue weighted by atomic mass is 32.1. The molecule has 0 radical (unpaired) electrons. The molecular weight excluding hydrogens is 350 g/mol. The minimum absolute atomic E-state index is 0.755. The Morgan fingerprint density at radius 3 is 2.40 bits per heavy atom. The summed E-state index contributed by atoms with van der Waals surface area (Å²) in [5.41, 5.74) is 0.977. The largest absolute Gasteiger partial charge is 0.497 e. The molecule has 1 N–H and O–H groups in total. The van der Waals surface area contributed by atoms with Crippen LogP contribution in [-0.4, -0.2) is 48.2 Å². The number of rotatable bonds is 9. The van der Waals surface area contributed by atoms with Gasteiger partial charge in [0, 0.05) is 23.7 Å². The normalized spacial score (nSPS) is 10.7. The van der Waals surface area contributed by atoms with Crippen molar-refractivity contribution in [2.45, 2.75) is 20.4 Å². The molecule has 0 aliphatic heterocycles. The third kappa shape index (κ3) is 6.30. The number of anilines is 1. The van der Waals surface area contributed by atoms with E-state index in [0.29, 0.717) is 0 Å². The predicted molar refractivity (Wildman–Crippen MR) is 112 cm³/mol. The van der Waals surface area contributed by atoms with Crippen molar-refractivity contribution in [3.05, 3.63) is 46.7 Å². The fourth-order valence-electron chi connectivity index (χ4n) is 2.52. The van der Waals surface area contributed by atoms with E-state index in [1.165, 1.54) is 4.88 Å². The molecule has 25 heavy (non-hydrogen) atoms. The molecule has 6 heteroatoms. The van der Waals surface area contributed by atoms with Gasteiger partial charge >= 0.3 is 0 Å². The Kier molecular flexibility index (Phi) is 8.18. The van der Waals surface area contributed by atoms with Gasteiger partial charge in [-0.3, -0.25) is 0 Å². The van der Waals surface area contributed by atoms with Crippen molar-refractivity contribution in [2.75, 3.05) is 38.6 Å². The van der Waals surface area contributed by atoms with Gasteiger partial charge < -0.3 is 19.9 Å². The Hall–Kier alpha value is -1.63. The molecule has 0 aliphatic rings. The topological polar surface area (TPSA) is 27.7 Å². The molecule has 0 atom stereocenters. The average Bonchev–Trinajstić information content (AvgIpc) is 3.15. The number of nitrogens with zero attached hydrogens (tertiary/aromatic N) is 2. The van der Waals surface area contributed by atoms with Gasteiger partial charge in [-0.15, -0.1) is 11.3 Å². The molecule has 2 rings (SSSR count). The van der Waals surface area contributed by atoms with Gasteiger partial charge in [-0.2, -0.15) is 0 Å². The van der Waals surface area contributed by atoms with Gasteiger partial charge in [0.25, 0.3) is 0 Å². The molecular formula is C19H27N3OS2. The molecule has 4 nitrogen and oxygen atoms in total. The van der Waals surface area contributed by atoms with Crippen LogP contribution in [0.25, 0.3) is 0 Å². The highest BCUT2D eigenvalue weighted by molar-refractivity contribution is 7.80. The summed E-state index contributed by atoms with van der Waals surface area (Å²) in [6, 6.07) is 12.1. The van der Waals surface area contributed by atoms with Crippen molar-refractivity contribution in [3.63, 3.8) is 0 Å². The number of methoxy groups -OCH3 is 1. The van der Waals surface area contributed by atoms with Crippen LogP contribution < -0.4 is 10.1 Å². The van der Waals surface area contributed by atoms with E-state index < -0.39 is 0 Å². The molecule has 0 amide bonds. The zero-order valence-corrected chi connectivity index (χ0v) is 16.8. The van der Waals surface area contributed by atoms with E-state index in [9.17, 15) is 0 Å². The Bertz CT molecular complexity index is 625. The Morgan fingerprint density at radius 2 is 1.84 bits per heavy atom. The van der Waals surface area contributed by atoms with E-state index in [0.717, 1.165) is 49.3 Å². The Morgan fingerprint density at radius 1 is 1.12 bits per heavy atom. The monoisotopic (exact) mass is 377 g/mol. The van der Waals surface area contributed by atoms with Crippen LogP contribution in [0.3, 0.4) is 0 Å². The summed E-state index contributed by atoms with van der Waals surface area (Å²) < 4.78 is 5.21. The average molecular weight is 378 g/mol. The van der Waals surface area contributed by atoms with E-state index in [-0.39, 0.29) is 0 Å². The number of benzene rings is 1. The molecule has 1 aromatic heterocycles. The summed E-state index contributed by atoms with van der Waals surface area (Å²) in [5.74, 6) is 0.841. The SMILES string of the molecule is CCN(CC)CCN(Cc1cccs1)C(=S)Nc1ccc(OC)cc1. The zero-order chi connectivity index (χ0) is 18.1. The van der Waals surface area contributed by atoms with E-state index in [2.05, 4.69) is 46.5 Å². The molecule has 136 valence electrons. The minimum Gasteiger partial charge on any atom is -0.497 e. The van der Waals surface area contributed by atoms with Crippen molar-refractivity contribution in [1.29, 1.82) is 0 Å². The first-order chi connectivity index (χ1) is 12.2. The predicted octanol–water partition coefficient (Wildman–Crippen LogP) is 4.30. The van der Waals surface area contributed by atoms with Crippen LogP contribution in [0.15, 0.2) is 41.8 Å². The molecule has 0 fully saturated rings. The summed E-state index contributed by atoms with van der Waals surface area (Å²) in [7, 11) is 1.67. The Labute approximate surface area is 160 Å². The number of ether oxygens (including phenoxy) is 1. The lowest BCUT2D eigenvalue weighted by Gasteiger charge is -2.28. The lowest BCUT2D eigenvalue weighted by atomic mass is 10.3. The van der Waals surface area contributed by atoms with E-state index in [1.54, 1.807) is 18.4 Å². The van der Waals surface area contributed by atoms with Gasteiger partial charge in [0.15, 0.2) is 5.11 Å². The van der Waals surface area contributed by atoms with Crippen molar-refractivity contribution in [1.82, 2.24) is 9.80 Å². The minimum atomic E-state index is 0.755. The first-order valence-electron chi connectivity index (χ1n) is 8.61. The maximum atomic E-state index is 5.69. The summed E-state index contributed by atoms with van der Waals surface area (Å²) in [6.07, 6.45) is 0. The second kappa shape index (κ2) is 10.4. The lowest BCUT2D eigenvalue weighted by Crippen LogP contribution is -2.40. The molecule has 0 aliphatic carbocycles. The second-order valence-electron chi connectivity index (χ2n) is 5.69. The van der Waals surface area contributed by atoms with Crippen molar-refractivity contribution in [3.8, 4) is 5.75 Å². The summed E-state index contributed by atoms with van der Waals surface area (Å²) in [6.45, 7) is 9.25. The van der Waals surface area contributed by atoms with Crippen LogP contribution in [0, 0.1) is 0 Å². The third-order valence-corrected chi connectivity index (χ3v) is 5.36. The van der Waals surface area contributed by atoms with Crippen molar-refractivity contribution >= 4 is 34.4 Å². The maximum absolute atomic E-state index is 5.69. The van der Waals surface area contributed by atoms with Gasteiger partial charge in [0.2, 0.25) is 0 Å². The standard InChI is InChI=1S/C19H27N3OS2/c1-4-21(5-2)12-13-22(15-18-7-6-14-25-18)19(24)20-16-8-10-17(23-3)11-9-16/h6-11,14H,4-5,12-13,15H2,1-3H3,(H,20,24). The molecule has 0 unspecified atom stereocenters. The van der Waals surface area contributed by atoms with Crippen LogP contribution in [0.4, 0.5) is 5.69 Å². The molecule has 0 spiro atoms. The molecule has 2 aromatic rings. The number of thiocarbonyl (C=S) groups is 1. The highest BCUT2D eigenvalue weighted by Gasteiger charge is 2.13. The van der Waals surface area contributed by atoms with Crippen LogP contribution >= 0.6 is 23.6 Å². The van der Waals surface area contributed by atoms with E-state index in [4.69, 9.17) is 17.0 Å². The van der Waals surface area contributed by atoms with Gasteiger partial charge in [-0.1, -0.05) is 19.9 Å².